The summed E-state index contributed by atoms with van der Waals surface area (Å²) in [6.45, 7) is 2.29. The Bertz CT molecular complexity index is 523. The zero-order chi connectivity index (χ0) is 13.1. The predicted octanol–water partition coefficient (Wildman–Crippen LogP) is 2.88. The minimum Gasteiger partial charge on any atom is -0.394 e. The molecule has 1 aromatic carbocycles. The molecule has 2 heterocycles. The lowest BCUT2D eigenvalue weighted by molar-refractivity contribution is 0.116. The molecular formula is C16H19NOS. The molecular weight excluding hydrogens is 254 g/mol. The van der Waals surface area contributed by atoms with E-state index in [9.17, 15) is 5.11 Å². The van der Waals surface area contributed by atoms with E-state index in [-0.39, 0.29) is 12.6 Å². The summed E-state index contributed by atoms with van der Waals surface area (Å²) in [5, 5.41) is 11.9. The highest BCUT2D eigenvalue weighted by atomic mass is 32.1. The second-order valence-electron chi connectivity index (χ2n) is 5.01. The molecule has 3 heteroatoms. The summed E-state index contributed by atoms with van der Waals surface area (Å²) in [7, 11) is 0. The lowest BCUT2D eigenvalue weighted by Crippen LogP contribution is -2.38. The zero-order valence-electron chi connectivity index (χ0n) is 11.0. The van der Waals surface area contributed by atoms with Crippen LogP contribution in [-0.2, 0) is 12.8 Å². The molecule has 0 radical (unpaired) electrons. The quantitative estimate of drug-likeness (QED) is 0.926. The third-order valence-electron chi connectivity index (χ3n) is 3.92. The summed E-state index contributed by atoms with van der Waals surface area (Å²) in [5.41, 5.74) is 2.70. The molecule has 0 saturated carbocycles. The van der Waals surface area contributed by atoms with Crippen LogP contribution in [0.3, 0.4) is 0 Å². The Morgan fingerprint density at radius 1 is 1.21 bits per heavy atom. The van der Waals surface area contributed by atoms with Crippen molar-refractivity contribution in [2.24, 2.45) is 0 Å². The van der Waals surface area contributed by atoms with Crippen LogP contribution >= 0.6 is 11.3 Å². The number of benzene rings is 1. The van der Waals surface area contributed by atoms with E-state index in [2.05, 4.69) is 46.7 Å². The topological polar surface area (TPSA) is 23.5 Å². The summed E-state index contributed by atoms with van der Waals surface area (Å²) >= 11 is 1.82. The maximum absolute atomic E-state index is 9.73. The number of fused-ring (bicyclic) bond motifs is 1. The number of aliphatic hydroxyl groups excluding tert-OH is 1. The van der Waals surface area contributed by atoms with Gasteiger partial charge in [0.25, 0.3) is 0 Å². The first kappa shape index (κ1) is 12.9. The van der Waals surface area contributed by atoms with Gasteiger partial charge in [0.15, 0.2) is 0 Å². The van der Waals surface area contributed by atoms with E-state index in [4.69, 9.17) is 0 Å². The van der Waals surface area contributed by atoms with Gasteiger partial charge < -0.3 is 5.11 Å². The van der Waals surface area contributed by atoms with E-state index in [0.717, 1.165) is 25.9 Å². The maximum Gasteiger partial charge on any atom is 0.0628 e. The number of thiophene rings is 1. The number of rotatable bonds is 4. The average Bonchev–Trinajstić information content (AvgIpc) is 2.97. The first-order chi connectivity index (χ1) is 9.38. The second kappa shape index (κ2) is 5.87. The van der Waals surface area contributed by atoms with Crippen LogP contribution in [0, 0.1) is 0 Å². The van der Waals surface area contributed by atoms with Gasteiger partial charge in [0.05, 0.1) is 12.6 Å². The predicted molar refractivity (Wildman–Crippen MR) is 79.6 cm³/mol. The first-order valence-corrected chi connectivity index (χ1v) is 7.71. The van der Waals surface area contributed by atoms with Crippen molar-refractivity contribution in [1.82, 2.24) is 4.90 Å². The molecule has 0 fully saturated rings. The fraction of sp³-hybridized carbons (Fsp3) is 0.375. The number of hydrogen-bond acceptors (Lipinski definition) is 3. The van der Waals surface area contributed by atoms with Crippen LogP contribution in [0.5, 0.6) is 0 Å². The Kier molecular flexibility index (Phi) is 3.97. The second-order valence-corrected chi connectivity index (χ2v) is 6.04. The molecule has 2 aromatic rings. The number of hydrogen-bond donors (Lipinski definition) is 1. The van der Waals surface area contributed by atoms with Crippen LogP contribution in [-0.4, -0.2) is 29.7 Å². The summed E-state index contributed by atoms with van der Waals surface area (Å²) < 4.78 is 0. The molecule has 3 rings (SSSR count). The fourth-order valence-corrected chi connectivity index (χ4v) is 3.59. The van der Waals surface area contributed by atoms with Crippen LogP contribution in [0.25, 0.3) is 0 Å². The van der Waals surface area contributed by atoms with Gasteiger partial charge in [-0.05, 0) is 35.4 Å². The largest absolute Gasteiger partial charge is 0.394 e. The van der Waals surface area contributed by atoms with Crippen LogP contribution in [0.2, 0.25) is 0 Å². The molecule has 2 nitrogen and oxygen atoms in total. The molecule has 0 bridgehead atoms. The van der Waals surface area contributed by atoms with Gasteiger partial charge in [0, 0.05) is 18.0 Å². The van der Waals surface area contributed by atoms with Crippen LogP contribution in [0.15, 0.2) is 41.8 Å². The molecule has 1 aromatic heterocycles. The molecule has 0 amide bonds. The van der Waals surface area contributed by atoms with Gasteiger partial charge in [0.2, 0.25) is 0 Å². The van der Waals surface area contributed by atoms with Crippen LogP contribution in [0.1, 0.15) is 22.0 Å². The van der Waals surface area contributed by atoms with Crippen LogP contribution < -0.4 is 0 Å². The summed E-state index contributed by atoms with van der Waals surface area (Å²) in [4.78, 5) is 3.85. The van der Waals surface area contributed by atoms with E-state index >= 15 is 0 Å². The molecule has 100 valence electrons. The molecule has 1 unspecified atom stereocenters. The van der Waals surface area contributed by atoms with Crippen molar-refractivity contribution < 1.29 is 5.11 Å². The summed E-state index contributed by atoms with van der Waals surface area (Å²) in [5.74, 6) is 0. The van der Waals surface area contributed by atoms with Gasteiger partial charge in [-0.3, -0.25) is 4.90 Å². The monoisotopic (exact) mass is 273 g/mol. The normalized spacial score (nSPS) is 19.3. The minimum absolute atomic E-state index is 0.171. The van der Waals surface area contributed by atoms with E-state index < -0.39 is 0 Å². The Morgan fingerprint density at radius 2 is 2.11 bits per heavy atom. The Morgan fingerprint density at radius 3 is 2.89 bits per heavy atom. The van der Waals surface area contributed by atoms with Crippen molar-refractivity contribution >= 4 is 11.3 Å². The summed E-state index contributed by atoms with van der Waals surface area (Å²) in [6.07, 6.45) is 2.17. The van der Waals surface area contributed by atoms with Crippen molar-refractivity contribution in [2.45, 2.75) is 18.9 Å². The van der Waals surface area contributed by atoms with Gasteiger partial charge in [-0.2, -0.15) is 0 Å². The Hall–Kier alpha value is -1.16. The third kappa shape index (κ3) is 2.73. The molecule has 19 heavy (non-hydrogen) atoms. The Labute approximate surface area is 118 Å². The molecule has 0 spiro atoms. The molecule has 0 saturated heterocycles. The van der Waals surface area contributed by atoms with Crippen molar-refractivity contribution in [3.8, 4) is 0 Å². The average molecular weight is 273 g/mol. The lowest BCUT2D eigenvalue weighted by Gasteiger charge is -2.36. The van der Waals surface area contributed by atoms with Gasteiger partial charge >= 0.3 is 0 Å². The maximum atomic E-state index is 9.73. The lowest BCUT2D eigenvalue weighted by atomic mass is 9.93. The van der Waals surface area contributed by atoms with Crippen molar-refractivity contribution in [2.75, 3.05) is 19.7 Å². The SMILES string of the molecule is OCC1c2ccccc2CCN1CCc1cccs1. The fourth-order valence-electron chi connectivity index (χ4n) is 2.89. The van der Waals surface area contributed by atoms with Crippen molar-refractivity contribution in [1.29, 1.82) is 0 Å². The highest BCUT2D eigenvalue weighted by Crippen LogP contribution is 2.29. The van der Waals surface area contributed by atoms with E-state index in [1.807, 2.05) is 11.3 Å². The Balaban J connectivity index is 1.73. The van der Waals surface area contributed by atoms with Gasteiger partial charge in [-0.1, -0.05) is 30.3 Å². The van der Waals surface area contributed by atoms with Crippen molar-refractivity contribution in [3.63, 3.8) is 0 Å². The van der Waals surface area contributed by atoms with E-state index in [1.165, 1.54) is 16.0 Å². The standard InChI is InChI=1S/C16H19NOS/c18-12-16-15-6-2-1-4-13(15)7-9-17(16)10-8-14-5-3-11-19-14/h1-6,11,16,18H,7-10,12H2. The van der Waals surface area contributed by atoms with Crippen molar-refractivity contribution in [3.05, 3.63) is 57.8 Å². The van der Waals surface area contributed by atoms with Gasteiger partial charge in [-0.15, -0.1) is 11.3 Å². The number of nitrogens with zero attached hydrogens (tertiary/aromatic N) is 1. The molecule has 1 aliphatic heterocycles. The zero-order valence-corrected chi connectivity index (χ0v) is 11.8. The van der Waals surface area contributed by atoms with E-state index in [0.29, 0.717) is 0 Å². The molecule has 0 aliphatic carbocycles. The first-order valence-electron chi connectivity index (χ1n) is 6.83. The highest BCUT2D eigenvalue weighted by molar-refractivity contribution is 7.09. The number of aliphatic hydroxyl groups is 1. The summed E-state index contributed by atoms with van der Waals surface area (Å²) in [6, 6.07) is 13.0. The third-order valence-corrected chi connectivity index (χ3v) is 4.86. The minimum atomic E-state index is 0.171. The molecule has 1 N–H and O–H groups in total. The van der Waals surface area contributed by atoms with Gasteiger partial charge in [0.1, 0.15) is 0 Å². The van der Waals surface area contributed by atoms with Gasteiger partial charge in [-0.25, -0.2) is 0 Å². The molecule has 1 atom stereocenters. The van der Waals surface area contributed by atoms with E-state index in [1.54, 1.807) is 0 Å². The smallest absolute Gasteiger partial charge is 0.0628 e. The van der Waals surface area contributed by atoms with Crippen LogP contribution in [0.4, 0.5) is 0 Å². The highest BCUT2D eigenvalue weighted by Gasteiger charge is 2.25. The molecule has 1 aliphatic rings.